The Labute approximate surface area is 100 Å². The molecule has 1 rings (SSSR count). The van der Waals surface area contributed by atoms with Crippen LogP contribution < -0.4 is 5.32 Å². The van der Waals surface area contributed by atoms with E-state index in [4.69, 9.17) is 0 Å². The first kappa shape index (κ1) is 13.2. The average molecular weight is 219 g/mol. The molecule has 1 aromatic rings. The van der Waals surface area contributed by atoms with Gasteiger partial charge in [-0.05, 0) is 43.3 Å². The molecule has 0 bridgehead atoms. The second-order valence-corrected chi connectivity index (χ2v) is 4.90. The third-order valence-electron chi connectivity index (χ3n) is 3.12. The highest BCUT2D eigenvalue weighted by molar-refractivity contribution is 5.15. The van der Waals surface area contributed by atoms with Crippen molar-refractivity contribution in [3.63, 3.8) is 0 Å². The summed E-state index contributed by atoms with van der Waals surface area (Å²) in [6, 6.07) is 10.8. The molecule has 1 N–H and O–H groups in total. The molecule has 0 saturated heterocycles. The van der Waals surface area contributed by atoms with Gasteiger partial charge in [-0.2, -0.15) is 0 Å². The van der Waals surface area contributed by atoms with Crippen molar-refractivity contribution < 1.29 is 0 Å². The number of nitrogens with one attached hydrogen (secondary N) is 1. The molecule has 0 saturated carbocycles. The minimum atomic E-state index is 0.740. The zero-order valence-corrected chi connectivity index (χ0v) is 10.9. The van der Waals surface area contributed by atoms with Crippen LogP contribution in [-0.4, -0.2) is 13.1 Å². The summed E-state index contributed by atoms with van der Waals surface area (Å²) in [5, 5.41) is 3.54. The molecule has 0 radical (unpaired) electrons. The predicted molar refractivity (Wildman–Crippen MR) is 71.6 cm³/mol. The van der Waals surface area contributed by atoms with Crippen LogP contribution in [0.15, 0.2) is 30.3 Å². The highest BCUT2D eigenvalue weighted by atomic mass is 14.9. The molecule has 0 amide bonds. The van der Waals surface area contributed by atoms with E-state index in [-0.39, 0.29) is 0 Å². The van der Waals surface area contributed by atoms with E-state index in [1.54, 1.807) is 0 Å². The van der Waals surface area contributed by atoms with Gasteiger partial charge in [0, 0.05) is 0 Å². The Kier molecular flexibility index (Phi) is 6.17. The molecule has 0 aliphatic carbocycles. The molecule has 1 aromatic carbocycles. The largest absolute Gasteiger partial charge is 0.316 e. The molecule has 1 unspecified atom stereocenters. The normalized spacial score (nSPS) is 13.0. The van der Waals surface area contributed by atoms with Crippen molar-refractivity contribution in [1.29, 1.82) is 0 Å². The third-order valence-corrected chi connectivity index (χ3v) is 3.12. The maximum atomic E-state index is 3.54. The summed E-state index contributed by atoms with van der Waals surface area (Å²) < 4.78 is 0. The van der Waals surface area contributed by atoms with Crippen LogP contribution in [-0.2, 0) is 6.42 Å². The van der Waals surface area contributed by atoms with E-state index < -0.39 is 0 Å². The lowest BCUT2D eigenvalue weighted by Gasteiger charge is -2.21. The number of hydrogen-bond donors (Lipinski definition) is 1. The van der Waals surface area contributed by atoms with Crippen LogP contribution in [0.25, 0.3) is 0 Å². The minimum Gasteiger partial charge on any atom is -0.316 e. The highest BCUT2D eigenvalue weighted by Crippen LogP contribution is 2.16. The lowest BCUT2D eigenvalue weighted by Crippen LogP contribution is -2.28. The summed E-state index contributed by atoms with van der Waals surface area (Å²) in [6.07, 6.45) is 2.41. The molecule has 0 aromatic heterocycles. The van der Waals surface area contributed by atoms with Crippen molar-refractivity contribution in [3.05, 3.63) is 35.9 Å². The molecule has 1 nitrogen and oxygen atoms in total. The molecule has 1 atom stereocenters. The highest BCUT2D eigenvalue weighted by Gasteiger charge is 2.13. The predicted octanol–water partition coefficient (Wildman–Crippen LogP) is 3.50. The standard InChI is InChI=1S/C15H25N/c1-4-10-16-12-15(13(2)3)11-14-8-6-5-7-9-14/h5-9,13,15-16H,4,10-12H2,1-3H3. The van der Waals surface area contributed by atoms with Gasteiger partial charge in [0.2, 0.25) is 0 Å². The van der Waals surface area contributed by atoms with Crippen molar-refractivity contribution in [2.75, 3.05) is 13.1 Å². The van der Waals surface area contributed by atoms with Crippen molar-refractivity contribution >= 4 is 0 Å². The first-order chi connectivity index (χ1) is 7.74. The smallest absolute Gasteiger partial charge is 0.00149 e. The van der Waals surface area contributed by atoms with Crippen LogP contribution in [0.4, 0.5) is 0 Å². The molecule has 1 heteroatoms. The molecule has 0 aliphatic heterocycles. The second kappa shape index (κ2) is 7.45. The van der Waals surface area contributed by atoms with Gasteiger partial charge < -0.3 is 5.32 Å². The first-order valence-electron chi connectivity index (χ1n) is 6.48. The molecular formula is C15H25N. The van der Waals surface area contributed by atoms with Crippen molar-refractivity contribution in [2.45, 2.75) is 33.6 Å². The molecule has 90 valence electrons. The number of benzene rings is 1. The molecule has 0 fully saturated rings. The topological polar surface area (TPSA) is 12.0 Å². The fraction of sp³-hybridized carbons (Fsp3) is 0.600. The van der Waals surface area contributed by atoms with Gasteiger partial charge in [0.05, 0.1) is 0 Å². The van der Waals surface area contributed by atoms with E-state index in [0.29, 0.717) is 0 Å². The van der Waals surface area contributed by atoms with Crippen LogP contribution in [0, 0.1) is 11.8 Å². The Hall–Kier alpha value is -0.820. The van der Waals surface area contributed by atoms with Crippen LogP contribution in [0.2, 0.25) is 0 Å². The molecule has 16 heavy (non-hydrogen) atoms. The van der Waals surface area contributed by atoms with Gasteiger partial charge in [-0.15, -0.1) is 0 Å². The van der Waals surface area contributed by atoms with Crippen LogP contribution in [0.3, 0.4) is 0 Å². The van der Waals surface area contributed by atoms with E-state index >= 15 is 0 Å². The van der Waals surface area contributed by atoms with E-state index in [2.05, 4.69) is 56.4 Å². The van der Waals surface area contributed by atoms with Crippen LogP contribution in [0.1, 0.15) is 32.8 Å². The number of hydrogen-bond acceptors (Lipinski definition) is 1. The zero-order chi connectivity index (χ0) is 11.8. The van der Waals surface area contributed by atoms with Gasteiger partial charge in [0.15, 0.2) is 0 Å². The lowest BCUT2D eigenvalue weighted by molar-refractivity contribution is 0.361. The van der Waals surface area contributed by atoms with Crippen LogP contribution >= 0.6 is 0 Å². The van der Waals surface area contributed by atoms with Crippen molar-refractivity contribution in [1.82, 2.24) is 5.32 Å². The Balaban J connectivity index is 2.45. The summed E-state index contributed by atoms with van der Waals surface area (Å²) in [5.74, 6) is 1.48. The van der Waals surface area contributed by atoms with Gasteiger partial charge in [-0.3, -0.25) is 0 Å². The lowest BCUT2D eigenvalue weighted by atomic mass is 9.89. The van der Waals surface area contributed by atoms with E-state index in [1.165, 1.54) is 18.4 Å². The van der Waals surface area contributed by atoms with E-state index in [0.717, 1.165) is 24.9 Å². The maximum Gasteiger partial charge on any atom is -0.00149 e. The van der Waals surface area contributed by atoms with Gasteiger partial charge in [-0.1, -0.05) is 51.1 Å². The molecule has 0 aliphatic rings. The van der Waals surface area contributed by atoms with Crippen LogP contribution in [0.5, 0.6) is 0 Å². The minimum absolute atomic E-state index is 0.740. The summed E-state index contributed by atoms with van der Waals surface area (Å²) in [5.41, 5.74) is 1.46. The molecular weight excluding hydrogens is 194 g/mol. The maximum absolute atomic E-state index is 3.54. The van der Waals surface area contributed by atoms with E-state index in [9.17, 15) is 0 Å². The summed E-state index contributed by atoms with van der Waals surface area (Å²) in [7, 11) is 0. The van der Waals surface area contributed by atoms with Gasteiger partial charge in [0.25, 0.3) is 0 Å². The third kappa shape index (κ3) is 4.80. The fourth-order valence-electron chi connectivity index (χ4n) is 1.92. The Morgan fingerprint density at radius 3 is 2.38 bits per heavy atom. The molecule has 0 spiro atoms. The van der Waals surface area contributed by atoms with Crippen molar-refractivity contribution in [2.24, 2.45) is 11.8 Å². The Bertz CT molecular complexity index is 266. The average Bonchev–Trinajstić information content (AvgIpc) is 2.29. The summed E-state index contributed by atoms with van der Waals surface area (Å²) in [4.78, 5) is 0. The Morgan fingerprint density at radius 1 is 1.12 bits per heavy atom. The van der Waals surface area contributed by atoms with Crippen molar-refractivity contribution in [3.8, 4) is 0 Å². The SMILES string of the molecule is CCCNCC(Cc1ccccc1)C(C)C. The fourth-order valence-corrected chi connectivity index (χ4v) is 1.92. The number of rotatable bonds is 7. The summed E-state index contributed by atoms with van der Waals surface area (Å²) >= 11 is 0. The summed E-state index contributed by atoms with van der Waals surface area (Å²) in [6.45, 7) is 9.13. The van der Waals surface area contributed by atoms with Gasteiger partial charge in [-0.25, -0.2) is 0 Å². The molecule has 0 heterocycles. The first-order valence-corrected chi connectivity index (χ1v) is 6.48. The van der Waals surface area contributed by atoms with E-state index in [1.807, 2.05) is 0 Å². The second-order valence-electron chi connectivity index (χ2n) is 4.90. The van der Waals surface area contributed by atoms with Gasteiger partial charge in [0.1, 0.15) is 0 Å². The monoisotopic (exact) mass is 219 g/mol. The quantitative estimate of drug-likeness (QED) is 0.692. The zero-order valence-electron chi connectivity index (χ0n) is 10.9. The Morgan fingerprint density at radius 2 is 1.81 bits per heavy atom. The van der Waals surface area contributed by atoms with Gasteiger partial charge >= 0.3 is 0 Å².